The van der Waals surface area contributed by atoms with Crippen LogP contribution in [0.1, 0.15) is 35.3 Å². The molecule has 0 aliphatic heterocycles. The lowest BCUT2D eigenvalue weighted by atomic mass is 10.1. The number of aromatic nitrogens is 2. The van der Waals surface area contributed by atoms with Gasteiger partial charge in [0.05, 0.1) is 12.8 Å². The molecule has 0 fully saturated rings. The Balaban J connectivity index is 1.65. The number of carbonyl (C=O) groups is 2. The minimum absolute atomic E-state index is 0.0942. The van der Waals surface area contributed by atoms with Gasteiger partial charge in [0, 0.05) is 29.1 Å². The average Bonchev–Trinajstić information content (AvgIpc) is 3.32. The zero-order chi connectivity index (χ0) is 26.5. The van der Waals surface area contributed by atoms with E-state index in [1.165, 1.54) is 5.56 Å². The number of methoxy groups -OCH3 is 1. The van der Waals surface area contributed by atoms with Crippen LogP contribution in [-0.2, 0) is 4.79 Å². The first-order valence-electron chi connectivity index (χ1n) is 12.2. The van der Waals surface area contributed by atoms with Crippen molar-refractivity contribution >= 4 is 17.8 Å². The molecule has 2 amide bonds. The average molecular weight is 497 g/mol. The number of benzene rings is 3. The number of nitrogens with zero attached hydrogens (tertiary/aromatic N) is 3. The molecular formula is C30H32N4O3. The summed E-state index contributed by atoms with van der Waals surface area (Å²) in [6.07, 6.45) is 1.90. The van der Waals surface area contributed by atoms with Gasteiger partial charge >= 0.3 is 0 Å². The molecule has 0 radical (unpaired) electrons. The summed E-state index contributed by atoms with van der Waals surface area (Å²) in [4.78, 5) is 32.6. The van der Waals surface area contributed by atoms with Gasteiger partial charge < -0.3 is 9.64 Å². The molecule has 4 aromatic rings. The number of nitrogens with one attached hydrogen (secondary N) is 1. The monoisotopic (exact) mass is 496 g/mol. The van der Waals surface area contributed by atoms with Crippen molar-refractivity contribution in [1.82, 2.24) is 14.5 Å². The molecule has 0 aliphatic rings. The molecule has 0 atom stereocenters. The largest absolute Gasteiger partial charge is 0.497 e. The van der Waals surface area contributed by atoms with Crippen molar-refractivity contribution in [3.8, 4) is 22.7 Å². The second kappa shape index (κ2) is 11.1. The van der Waals surface area contributed by atoms with Crippen LogP contribution in [0.3, 0.4) is 0 Å². The summed E-state index contributed by atoms with van der Waals surface area (Å²) in [6, 6.07) is 22.5. The van der Waals surface area contributed by atoms with Gasteiger partial charge in [0.15, 0.2) is 0 Å². The van der Waals surface area contributed by atoms with E-state index in [9.17, 15) is 9.59 Å². The third kappa shape index (κ3) is 5.89. The van der Waals surface area contributed by atoms with E-state index >= 15 is 0 Å². The Labute approximate surface area is 217 Å². The molecule has 3 aromatic carbocycles. The summed E-state index contributed by atoms with van der Waals surface area (Å²) >= 11 is 0. The van der Waals surface area contributed by atoms with E-state index in [2.05, 4.69) is 18.3 Å². The number of hydrogen-bond donors (Lipinski definition) is 1. The molecule has 0 spiro atoms. The van der Waals surface area contributed by atoms with Crippen molar-refractivity contribution in [3.05, 3.63) is 95.7 Å². The predicted octanol–water partition coefficient (Wildman–Crippen LogP) is 5.65. The molecule has 37 heavy (non-hydrogen) atoms. The number of hydrogen-bond acceptors (Lipinski definition) is 4. The van der Waals surface area contributed by atoms with Gasteiger partial charge in [-0.2, -0.15) is 0 Å². The molecule has 7 nitrogen and oxygen atoms in total. The van der Waals surface area contributed by atoms with Gasteiger partial charge in [0.25, 0.3) is 5.91 Å². The van der Waals surface area contributed by atoms with Crippen LogP contribution >= 0.6 is 0 Å². The highest BCUT2D eigenvalue weighted by atomic mass is 16.5. The first kappa shape index (κ1) is 25.7. The van der Waals surface area contributed by atoms with E-state index in [1.54, 1.807) is 24.1 Å². The quantitative estimate of drug-likeness (QED) is 0.342. The van der Waals surface area contributed by atoms with Crippen molar-refractivity contribution < 1.29 is 14.3 Å². The van der Waals surface area contributed by atoms with E-state index in [4.69, 9.17) is 9.72 Å². The topological polar surface area (TPSA) is 76.5 Å². The number of anilines is 1. The molecule has 0 saturated heterocycles. The van der Waals surface area contributed by atoms with Crippen molar-refractivity contribution in [2.24, 2.45) is 0 Å². The highest BCUT2D eigenvalue weighted by Gasteiger charge is 2.23. The number of carbonyl (C=O) groups excluding carboxylic acids is 2. The number of amides is 2. The van der Waals surface area contributed by atoms with Crippen LogP contribution in [0.15, 0.2) is 79.0 Å². The summed E-state index contributed by atoms with van der Waals surface area (Å²) in [5.41, 5.74) is 5.33. The van der Waals surface area contributed by atoms with Crippen molar-refractivity contribution in [2.45, 2.75) is 33.7 Å². The van der Waals surface area contributed by atoms with Crippen molar-refractivity contribution in [3.63, 3.8) is 0 Å². The second-order valence-electron chi connectivity index (χ2n) is 9.26. The van der Waals surface area contributed by atoms with Crippen LogP contribution in [-0.4, -0.2) is 46.0 Å². The Morgan fingerprint density at radius 2 is 1.68 bits per heavy atom. The van der Waals surface area contributed by atoms with E-state index in [1.807, 2.05) is 86.1 Å². The van der Waals surface area contributed by atoms with Crippen LogP contribution in [0.4, 0.5) is 5.95 Å². The Morgan fingerprint density at radius 1 is 0.973 bits per heavy atom. The molecule has 1 N–H and O–H groups in total. The minimum atomic E-state index is -0.324. The van der Waals surface area contributed by atoms with E-state index < -0.39 is 0 Å². The van der Waals surface area contributed by atoms with Gasteiger partial charge in [-0.05, 0) is 87.4 Å². The third-order valence-electron chi connectivity index (χ3n) is 6.33. The molecule has 190 valence electrons. The maximum atomic E-state index is 13.2. The molecule has 0 aliphatic carbocycles. The Bertz CT molecular complexity index is 1390. The smallest absolute Gasteiger partial charge is 0.254 e. The highest BCUT2D eigenvalue weighted by molar-refractivity contribution is 5.99. The van der Waals surface area contributed by atoms with Gasteiger partial charge in [0.1, 0.15) is 12.3 Å². The maximum absolute atomic E-state index is 13.2. The predicted molar refractivity (Wildman–Crippen MR) is 146 cm³/mol. The first-order chi connectivity index (χ1) is 17.8. The van der Waals surface area contributed by atoms with Gasteiger partial charge in [-0.1, -0.05) is 24.3 Å². The van der Waals surface area contributed by atoms with Crippen molar-refractivity contribution in [1.29, 1.82) is 0 Å². The summed E-state index contributed by atoms with van der Waals surface area (Å²) < 4.78 is 7.14. The normalized spacial score (nSPS) is 10.9. The van der Waals surface area contributed by atoms with Crippen LogP contribution < -0.4 is 10.1 Å². The number of imidazole rings is 1. The summed E-state index contributed by atoms with van der Waals surface area (Å²) in [7, 11) is 1.63. The third-order valence-corrected chi connectivity index (χ3v) is 6.33. The van der Waals surface area contributed by atoms with Gasteiger partial charge in [-0.15, -0.1) is 0 Å². The highest BCUT2D eigenvalue weighted by Crippen LogP contribution is 2.27. The summed E-state index contributed by atoms with van der Waals surface area (Å²) in [5, 5.41) is 2.94. The van der Waals surface area contributed by atoms with Crippen LogP contribution in [0.5, 0.6) is 5.75 Å². The molecule has 7 heteroatoms. The maximum Gasteiger partial charge on any atom is 0.254 e. The standard InChI is InChI=1S/C30H32N4O3/c1-20(2)33(29(36)24-9-7-6-8-10-24)19-28(35)32-30-31-27(23-12-15-26(37-5)16-13-23)18-34(30)25-14-11-21(3)22(4)17-25/h6-18,20H,19H2,1-5H3,(H,31,32,35). The Kier molecular flexibility index (Phi) is 7.72. The number of aryl methyl sites for hydroxylation is 2. The fourth-order valence-electron chi connectivity index (χ4n) is 4.00. The van der Waals surface area contributed by atoms with E-state index in [0.717, 1.165) is 22.6 Å². The molecule has 1 heterocycles. The SMILES string of the molecule is COc1ccc(-c2cn(-c3ccc(C)c(C)c3)c(NC(=O)CN(C(=O)c3ccccc3)C(C)C)n2)cc1. The van der Waals surface area contributed by atoms with Gasteiger partial charge in [-0.3, -0.25) is 19.5 Å². The van der Waals surface area contributed by atoms with E-state index in [0.29, 0.717) is 17.2 Å². The summed E-state index contributed by atoms with van der Waals surface area (Å²) in [5.74, 6) is 0.620. The molecule has 0 saturated carbocycles. The lowest BCUT2D eigenvalue weighted by molar-refractivity contribution is -0.117. The van der Waals surface area contributed by atoms with Gasteiger partial charge in [0.2, 0.25) is 11.9 Å². The van der Waals surface area contributed by atoms with Crippen LogP contribution in [0.25, 0.3) is 16.9 Å². The van der Waals surface area contributed by atoms with Gasteiger partial charge in [-0.25, -0.2) is 4.98 Å². The van der Waals surface area contributed by atoms with Crippen molar-refractivity contribution in [2.75, 3.05) is 19.0 Å². The second-order valence-corrected chi connectivity index (χ2v) is 9.26. The molecule has 0 unspecified atom stereocenters. The van der Waals surface area contributed by atoms with Crippen LogP contribution in [0.2, 0.25) is 0 Å². The fraction of sp³-hybridized carbons (Fsp3) is 0.233. The number of ether oxygens (including phenoxy) is 1. The zero-order valence-electron chi connectivity index (χ0n) is 21.9. The minimum Gasteiger partial charge on any atom is -0.497 e. The molecule has 0 bridgehead atoms. The lowest BCUT2D eigenvalue weighted by Crippen LogP contribution is -2.42. The molecule has 4 rings (SSSR count). The molecular weight excluding hydrogens is 464 g/mol. The number of rotatable bonds is 8. The van der Waals surface area contributed by atoms with E-state index in [-0.39, 0.29) is 24.4 Å². The first-order valence-corrected chi connectivity index (χ1v) is 12.2. The molecule has 1 aromatic heterocycles. The Hall–Kier alpha value is -4.39. The Morgan fingerprint density at radius 3 is 2.30 bits per heavy atom. The zero-order valence-corrected chi connectivity index (χ0v) is 21.9. The fourth-order valence-corrected chi connectivity index (χ4v) is 4.00. The van der Waals surface area contributed by atoms with Crippen LogP contribution in [0, 0.1) is 13.8 Å². The summed E-state index contributed by atoms with van der Waals surface area (Å²) in [6.45, 7) is 7.80. The lowest BCUT2D eigenvalue weighted by Gasteiger charge is -2.26.